The summed E-state index contributed by atoms with van der Waals surface area (Å²) >= 11 is 0. The van der Waals surface area contributed by atoms with Gasteiger partial charge in [-0.05, 0) is 44.4 Å². The highest BCUT2D eigenvalue weighted by molar-refractivity contribution is 5.66. The van der Waals surface area contributed by atoms with Crippen LogP contribution in [0, 0.1) is 0 Å². The normalized spacial score (nSPS) is 12.4. The third kappa shape index (κ3) is 5.50. The van der Waals surface area contributed by atoms with E-state index in [1.165, 1.54) is 11.1 Å². The molecule has 0 saturated carbocycles. The summed E-state index contributed by atoms with van der Waals surface area (Å²) in [5, 5.41) is 11.8. The van der Waals surface area contributed by atoms with Crippen molar-refractivity contribution in [3.63, 3.8) is 0 Å². The van der Waals surface area contributed by atoms with E-state index in [1.54, 1.807) is 0 Å². The molecule has 1 rings (SSSR count). The van der Waals surface area contributed by atoms with E-state index in [-0.39, 0.29) is 6.42 Å². The highest BCUT2D eigenvalue weighted by atomic mass is 16.4. The second kappa shape index (κ2) is 7.07. The van der Waals surface area contributed by atoms with E-state index < -0.39 is 5.97 Å². The zero-order chi connectivity index (χ0) is 12.7. The Labute approximate surface area is 103 Å². The Morgan fingerprint density at radius 1 is 1.29 bits per heavy atom. The van der Waals surface area contributed by atoms with Gasteiger partial charge in [0.2, 0.25) is 0 Å². The zero-order valence-electron chi connectivity index (χ0n) is 10.6. The Balaban J connectivity index is 2.42. The summed E-state index contributed by atoms with van der Waals surface area (Å²) < 4.78 is 0. The molecule has 0 spiro atoms. The molecule has 0 aliphatic carbocycles. The van der Waals surface area contributed by atoms with Crippen molar-refractivity contribution >= 4 is 5.97 Å². The number of aryl methyl sites for hydroxylation is 1. The van der Waals surface area contributed by atoms with Gasteiger partial charge < -0.3 is 10.4 Å². The summed E-state index contributed by atoms with van der Waals surface area (Å²) in [7, 11) is 1.96. The van der Waals surface area contributed by atoms with E-state index in [9.17, 15) is 4.79 Å². The number of rotatable bonds is 7. The molecule has 3 nitrogen and oxygen atoms in total. The molecular formula is C14H21NO2. The summed E-state index contributed by atoms with van der Waals surface area (Å²) in [6, 6.07) is 8.93. The average molecular weight is 235 g/mol. The van der Waals surface area contributed by atoms with Crippen molar-refractivity contribution in [1.29, 1.82) is 0 Å². The van der Waals surface area contributed by atoms with Gasteiger partial charge in [-0.2, -0.15) is 0 Å². The van der Waals surface area contributed by atoms with Crippen molar-refractivity contribution in [3.05, 3.63) is 35.4 Å². The standard InChI is InChI=1S/C14H21NO2/c1-11(15-2)10-13-8-6-12(7-9-13)4-3-5-14(16)17/h6-9,11,15H,3-5,10H2,1-2H3,(H,16,17)/t11-/m0/s1. The van der Waals surface area contributed by atoms with Crippen molar-refractivity contribution in [3.8, 4) is 0 Å². The minimum absolute atomic E-state index is 0.249. The highest BCUT2D eigenvalue weighted by Crippen LogP contribution is 2.09. The predicted octanol–water partition coefficient (Wildman–Crippen LogP) is 2.24. The molecule has 17 heavy (non-hydrogen) atoms. The lowest BCUT2D eigenvalue weighted by Crippen LogP contribution is -2.23. The second-order valence-corrected chi connectivity index (χ2v) is 4.46. The van der Waals surface area contributed by atoms with Crippen LogP contribution in [0.4, 0.5) is 0 Å². The first-order chi connectivity index (χ1) is 8.11. The Morgan fingerprint density at radius 3 is 2.41 bits per heavy atom. The first-order valence-electron chi connectivity index (χ1n) is 6.08. The van der Waals surface area contributed by atoms with Gasteiger partial charge in [-0.1, -0.05) is 24.3 Å². The molecule has 94 valence electrons. The summed E-state index contributed by atoms with van der Waals surface area (Å²) in [6.07, 6.45) is 2.82. The first kappa shape index (κ1) is 13.7. The monoisotopic (exact) mass is 235 g/mol. The van der Waals surface area contributed by atoms with Gasteiger partial charge in [0.05, 0.1) is 0 Å². The topological polar surface area (TPSA) is 49.3 Å². The van der Waals surface area contributed by atoms with Crippen LogP contribution in [0.5, 0.6) is 0 Å². The van der Waals surface area contributed by atoms with Crippen molar-refractivity contribution in [1.82, 2.24) is 5.32 Å². The quantitative estimate of drug-likeness (QED) is 0.762. The van der Waals surface area contributed by atoms with Crippen molar-refractivity contribution < 1.29 is 9.90 Å². The van der Waals surface area contributed by atoms with E-state index in [0.717, 1.165) is 12.8 Å². The van der Waals surface area contributed by atoms with Crippen LogP contribution in [0.2, 0.25) is 0 Å². The Kier molecular flexibility index (Phi) is 5.70. The summed E-state index contributed by atoms with van der Waals surface area (Å²) in [5.74, 6) is -0.718. The van der Waals surface area contributed by atoms with Crippen LogP contribution in [0.1, 0.15) is 30.9 Å². The first-order valence-corrected chi connectivity index (χ1v) is 6.08. The molecule has 1 aromatic carbocycles. The summed E-state index contributed by atoms with van der Waals surface area (Å²) in [6.45, 7) is 2.15. The van der Waals surface area contributed by atoms with E-state index in [4.69, 9.17) is 5.11 Å². The molecular weight excluding hydrogens is 214 g/mol. The molecule has 0 aliphatic rings. The number of carbonyl (C=O) groups is 1. The Hall–Kier alpha value is -1.35. The van der Waals surface area contributed by atoms with Crippen LogP contribution in [0.25, 0.3) is 0 Å². The van der Waals surface area contributed by atoms with Gasteiger partial charge in [0, 0.05) is 12.5 Å². The number of aliphatic carboxylic acids is 1. The minimum atomic E-state index is -0.718. The number of carboxylic acids is 1. The van der Waals surface area contributed by atoms with Gasteiger partial charge in [0.1, 0.15) is 0 Å². The van der Waals surface area contributed by atoms with Gasteiger partial charge >= 0.3 is 5.97 Å². The molecule has 1 atom stereocenters. The van der Waals surface area contributed by atoms with E-state index in [1.807, 2.05) is 7.05 Å². The van der Waals surface area contributed by atoms with Crippen molar-refractivity contribution in [2.45, 2.75) is 38.6 Å². The van der Waals surface area contributed by atoms with E-state index in [0.29, 0.717) is 12.5 Å². The molecule has 0 saturated heterocycles. The number of carboxylic acid groups (broad SMARTS) is 1. The number of hydrogen-bond acceptors (Lipinski definition) is 2. The van der Waals surface area contributed by atoms with Crippen molar-refractivity contribution in [2.24, 2.45) is 0 Å². The summed E-state index contributed by atoms with van der Waals surface area (Å²) in [5.41, 5.74) is 2.53. The molecule has 0 aromatic heterocycles. The van der Waals surface area contributed by atoms with Crippen LogP contribution in [-0.2, 0) is 17.6 Å². The number of likely N-dealkylation sites (N-methyl/N-ethyl adjacent to an activating group) is 1. The lowest BCUT2D eigenvalue weighted by molar-refractivity contribution is -0.137. The van der Waals surface area contributed by atoms with Crippen LogP contribution >= 0.6 is 0 Å². The maximum Gasteiger partial charge on any atom is 0.303 e. The molecule has 2 N–H and O–H groups in total. The molecule has 0 heterocycles. The summed E-state index contributed by atoms with van der Waals surface area (Å²) in [4.78, 5) is 10.4. The van der Waals surface area contributed by atoms with Gasteiger partial charge in [-0.3, -0.25) is 4.79 Å². The van der Waals surface area contributed by atoms with Crippen LogP contribution in [-0.4, -0.2) is 24.2 Å². The Morgan fingerprint density at radius 2 is 1.88 bits per heavy atom. The van der Waals surface area contributed by atoms with Crippen LogP contribution in [0.3, 0.4) is 0 Å². The Bertz CT molecular complexity index is 346. The molecule has 1 aromatic rings. The minimum Gasteiger partial charge on any atom is -0.481 e. The SMILES string of the molecule is CN[C@@H](C)Cc1ccc(CCCC(=O)O)cc1. The maximum absolute atomic E-state index is 10.4. The molecule has 3 heteroatoms. The predicted molar refractivity (Wildman–Crippen MR) is 69.2 cm³/mol. The molecule has 0 unspecified atom stereocenters. The van der Waals surface area contributed by atoms with Crippen molar-refractivity contribution in [2.75, 3.05) is 7.05 Å². The largest absolute Gasteiger partial charge is 0.481 e. The van der Waals surface area contributed by atoms with Gasteiger partial charge in [-0.25, -0.2) is 0 Å². The maximum atomic E-state index is 10.4. The fourth-order valence-electron chi connectivity index (χ4n) is 1.74. The average Bonchev–Trinajstić information content (AvgIpc) is 2.31. The van der Waals surface area contributed by atoms with E-state index in [2.05, 4.69) is 36.5 Å². The lowest BCUT2D eigenvalue weighted by atomic mass is 10.0. The number of nitrogens with one attached hydrogen (secondary N) is 1. The van der Waals surface area contributed by atoms with Crippen LogP contribution in [0.15, 0.2) is 24.3 Å². The van der Waals surface area contributed by atoms with Crippen LogP contribution < -0.4 is 5.32 Å². The lowest BCUT2D eigenvalue weighted by Gasteiger charge is -2.10. The number of benzene rings is 1. The second-order valence-electron chi connectivity index (χ2n) is 4.46. The molecule has 0 radical (unpaired) electrons. The third-order valence-corrected chi connectivity index (χ3v) is 2.91. The fourth-order valence-corrected chi connectivity index (χ4v) is 1.74. The zero-order valence-corrected chi connectivity index (χ0v) is 10.6. The third-order valence-electron chi connectivity index (χ3n) is 2.91. The van der Waals surface area contributed by atoms with Gasteiger partial charge in [0.15, 0.2) is 0 Å². The van der Waals surface area contributed by atoms with Gasteiger partial charge in [-0.15, -0.1) is 0 Å². The molecule has 0 aliphatic heterocycles. The van der Waals surface area contributed by atoms with Gasteiger partial charge in [0.25, 0.3) is 0 Å². The number of hydrogen-bond donors (Lipinski definition) is 2. The van der Waals surface area contributed by atoms with E-state index >= 15 is 0 Å². The highest BCUT2D eigenvalue weighted by Gasteiger charge is 2.01. The fraction of sp³-hybridized carbons (Fsp3) is 0.500. The molecule has 0 fully saturated rings. The smallest absolute Gasteiger partial charge is 0.303 e. The molecule has 0 bridgehead atoms. The molecule has 0 amide bonds.